The van der Waals surface area contributed by atoms with Gasteiger partial charge in [-0.1, -0.05) is 48.0 Å². The van der Waals surface area contributed by atoms with Crippen molar-refractivity contribution in [3.8, 4) is 0 Å². The monoisotopic (exact) mass is 498 g/mol. The zero-order chi connectivity index (χ0) is 24.3. The Kier molecular flexibility index (Phi) is 6.88. The Balaban J connectivity index is 1.43. The van der Waals surface area contributed by atoms with Crippen molar-refractivity contribution in [2.75, 3.05) is 26.2 Å². The standard InChI is InChI=1S/C25H26N2O5S2/c1-20-10-12-24(13-11-20)34(31,32)27-16-14-26(15-17-27)25(28)22-7-5-6-21(18-22)19-33(29,30)23-8-3-2-4-9-23/h2-13,18H,14-17,19H2,1H3. The number of carbonyl (C=O) groups excluding carboxylic acids is 1. The van der Waals surface area contributed by atoms with Crippen LogP contribution in [0.25, 0.3) is 0 Å². The van der Waals surface area contributed by atoms with Crippen molar-refractivity contribution in [2.45, 2.75) is 22.5 Å². The Labute approximate surface area is 200 Å². The molecule has 1 saturated heterocycles. The summed E-state index contributed by atoms with van der Waals surface area (Å²) < 4.78 is 52.6. The van der Waals surface area contributed by atoms with Gasteiger partial charge in [0.05, 0.1) is 15.5 Å². The second kappa shape index (κ2) is 9.69. The molecule has 7 nitrogen and oxygen atoms in total. The summed E-state index contributed by atoms with van der Waals surface area (Å²) in [6.07, 6.45) is 0. The third kappa shape index (κ3) is 5.22. The smallest absolute Gasteiger partial charge is 0.253 e. The molecular weight excluding hydrogens is 472 g/mol. The normalized spacial score (nSPS) is 15.3. The van der Waals surface area contributed by atoms with E-state index in [4.69, 9.17) is 0 Å². The van der Waals surface area contributed by atoms with Crippen LogP contribution in [-0.2, 0) is 25.6 Å². The predicted octanol–water partition coefficient (Wildman–Crippen LogP) is 3.12. The van der Waals surface area contributed by atoms with E-state index >= 15 is 0 Å². The number of amides is 1. The highest BCUT2D eigenvalue weighted by Gasteiger charge is 2.30. The Bertz CT molecular complexity index is 1380. The minimum Gasteiger partial charge on any atom is -0.336 e. The van der Waals surface area contributed by atoms with Crippen LogP contribution in [0, 0.1) is 6.92 Å². The van der Waals surface area contributed by atoms with Gasteiger partial charge in [0.1, 0.15) is 0 Å². The third-order valence-electron chi connectivity index (χ3n) is 5.82. The van der Waals surface area contributed by atoms with Crippen molar-refractivity contribution in [1.29, 1.82) is 0 Å². The number of benzene rings is 3. The van der Waals surface area contributed by atoms with Crippen LogP contribution in [-0.4, -0.2) is 58.1 Å². The lowest BCUT2D eigenvalue weighted by Crippen LogP contribution is -2.50. The van der Waals surface area contributed by atoms with Crippen LogP contribution in [0.1, 0.15) is 21.5 Å². The van der Waals surface area contributed by atoms with Crippen molar-refractivity contribution in [3.05, 3.63) is 95.6 Å². The van der Waals surface area contributed by atoms with E-state index in [2.05, 4.69) is 0 Å². The van der Waals surface area contributed by atoms with Gasteiger partial charge in [-0.3, -0.25) is 4.79 Å². The second-order valence-corrected chi connectivity index (χ2v) is 12.2. The Hall–Kier alpha value is -3.01. The summed E-state index contributed by atoms with van der Waals surface area (Å²) in [4.78, 5) is 15.1. The van der Waals surface area contributed by atoms with Gasteiger partial charge in [0.15, 0.2) is 9.84 Å². The van der Waals surface area contributed by atoms with Crippen LogP contribution in [0.3, 0.4) is 0 Å². The first-order valence-electron chi connectivity index (χ1n) is 10.9. The van der Waals surface area contributed by atoms with E-state index in [1.165, 1.54) is 4.31 Å². The molecule has 0 aromatic heterocycles. The maximum absolute atomic E-state index is 13.1. The molecule has 0 unspecified atom stereocenters. The fourth-order valence-electron chi connectivity index (χ4n) is 3.90. The molecule has 0 N–H and O–H groups in total. The van der Waals surface area contributed by atoms with Gasteiger partial charge in [0.2, 0.25) is 10.0 Å². The molecule has 0 spiro atoms. The molecule has 0 radical (unpaired) electrons. The van der Waals surface area contributed by atoms with Crippen molar-refractivity contribution in [2.24, 2.45) is 0 Å². The Morgan fingerprint density at radius 1 is 0.765 bits per heavy atom. The number of hydrogen-bond donors (Lipinski definition) is 0. The molecule has 178 valence electrons. The molecule has 0 aliphatic carbocycles. The summed E-state index contributed by atoms with van der Waals surface area (Å²) in [6.45, 7) is 2.81. The number of sulfone groups is 1. The summed E-state index contributed by atoms with van der Waals surface area (Å²) in [5, 5.41) is 0. The van der Waals surface area contributed by atoms with Gasteiger partial charge in [-0.25, -0.2) is 16.8 Å². The topological polar surface area (TPSA) is 91.8 Å². The first kappa shape index (κ1) is 24.1. The maximum Gasteiger partial charge on any atom is 0.253 e. The van der Waals surface area contributed by atoms with Crippen molar-refractivity contribution < 1.29 is 21.6 Å². The number of sulfonamides is 1. The molecule has 1 aliphatic heterocycles. The fraction of sp³-hybridized carbons (Fsp3) is 0.240. The number of carbonyl (C=O) groups is 1. The molecule has 3 aromatic rings. The first-order valence-corrected chi connectivity index (χ1v) is 14.0. The van der Waals surface area contributed by atoms with Crippen LogP contribution >= 0.6 is 0 Å². The quantitative estimate of drug-likeness (QED) is 0.521. The van der Waals surface area contributed by atoms with E-state index in [9.17, 15) is 21.6 Å². The van der Waals surface area contributed by atoms with E-state index in [1.54, 1.807) is 83.8 Å². The molecule has 34 heavy (non-hydrogen) atoms. The van der Waals surface area contributed by atoms with E-state index in [-0.39, 0.29) is 47.6 Å². The van der Waals surface area contributed by atoms with Gasteiger partial charge < -0.3 is 4.90 Å². The van der Waals surface area contributed by atoms with E-state index in [1.807, 2.05) is 6.92 Å². The van der Waals surface area contributed by atoms with Gasteiger partial charge in [-0.15, -0.1) is 0 Å². The molecule has 1 aliphatic rings. The lowest BCUT2D eigenvalue weighted by atomic mass is 10.1. The second-order valence-electron chi connectivity index (χ2n) is 8.28. The summed E-state index contributed by atoms with van der Waals surface area (Å²) in [6, 6.07) is 21.5. The lowest BCUT2D eigenvalue weighted by Gasteiger charge is -2.34. The van der Waals surface area contributed by atoms with Crippen LogP contribution in [0.5, 0.6) is 0 Å². The molecule has 3 aromatic carbocycles. The zero-order valence-electron chi connectivity index (χ0n) is 18.8. The lowest BCUT2D eigenvalue weighted by molar-refractivity contribution is 0.0697. The summed E-state index contributed by atoms with van der Waals surface area (Å²) in [5.74, 6) is -0.452. The van der Waals surface area contributed by atoms with Gasteiger partial charge >= 0.3 is 0 Å². The molecule has 1 fully saturated rings. The average molecular weight is 499 g/mol. The predicted molar refractivity (Wildman–Crippen MR) is 130 cm³/mol. The Morgan fingerprint density at radius 3 is 2.06 bits per heavy atom. The summed E-state index contributed by atoms with van der Waals surface area (Å²) in [5.41, 5.74) is 1.89. The summed E-state index contributed by atoms with van der Waals surface area (Å²) >= 11 is 0. The van der Waals surface area contributed by atoms with Gasteiger partial charge in [-0.2, -0.15) is 4.31 Å². The number of rotatable bonds is 6. The third-order valence-corrected chi connectivity index (χ3v) is 9.43. The first-order chi connectivity index (χ1) is 16.2. The molecular formula is C25H26N2O5S2. The van der Waals surface area contributed by atoms with Crippen LogP contribution < -0.4 is 0 Å². The van der Waals surface area contributed by atoms with Crippen LogP contribution in [0.15, 0.2) is 88.7 Å². The minimum atomic E-state index is -3.62. The van der Waals surface area contributed by atoms with E-state index in [0.717, 1.165) is 5.56 Å². The number of piperazine rings is 1. The minimum absolute atomic E-state index is 0.198. The van der Waals surface area contributed by atoms with Gasteiger partial charge in [-0.05, 0) is 48.9 Å². The Morgan fingerprint density at radius 2 is 1.41 bits per heavy atom. The van der Waals surface area contributed by atoms with Crippen molar-refractivity contribution in [3.63, 3.8) is 0 Å². The fourth-order valence-corrected chi connectivity index (χ4v) is 6.68. The molecule has 0 saturated carbocycles. The van der Waals surface area contributed by atoms with Crippen molar-refractivity contribution in [1.82, 2.24) is 9.21 Å². The van der Waals surface area contributed by atoms with Gasteiger partial charge in [0.25, 0.3) is 5.91 Å². The molecule has 0 bridgehead atoms. The van der Waals surface area contributed by atoms with E-state index in [0.29, 0.717) is 11.1 Å². The van der Waals surface area contributed by atoms with Crippen molar-refractivity contribution >= 4 is 25.8 Å². The van der Waals surface area contributed by atoms with E-state index < -0.39 is 19.9 Å². The number of hydrogen-bond acceptors (Lipinski definition) is 5. The average Bonchev–Trinajstić information content (AvgIpc) is 2.84. The molecule has 9 heteroatoms. The van der Waals surface area contributed by atoms with Crippen LogP contribution in [0.2, 0.25) is 0 Å². The largest absolute Gasteiger partial charge is 0.336 e. The molecule has 1 heterocycles. The SMILES string of the molecule is Cc1ccc(S(=O)(=O)N2CCN(C(=O)c3cccc(CS(=O)(=O)c4ccccc4)c3)CC2)cc1. The highest BCUT2D eigenvalue weighted by molar-refractivity contribution is 7.90. The number of nitrogens with zero attached hydrogens (tertiary/aromatic N) is 2. The highest BCUT2D eigenvalue weighted by atomic mass is 32.2. The van der Waals surface area contributed by atoms with Crippen LogP contribution in [0.4, 0.5) is 0 Å². The molecule has 1 amide bonds. The zero-order valence-corrected chi connectivity index (χ0v) is 20.4. The van der Waals surface area contributed by atoms with Gasteiger partial charge in [0, 0.05) is 31.7 Å². The molecule has 0 atom stereocenters. The highest BCUT2D eigenvalue weighted by Crippen LogP contribution is 2.21. The number of aryl methyl sites for hydroxylation is 1. The summed E-state index contributed by atoms with van der Waals surface area (Å²) in [7, 11) is -7.15. The molecule has 4 rings (SSSR count). The maximum atomic E-state index is 13.1.